The predicted molar refractivity (Wildman–Crippen MR) is 51.7 cm³/mol. The number of imidazole rings is 1. The highest BCUT2D eigenvalue weighted by molar-refractivity contribution is 5.80. The van der Waals surface area contributed by atoms with Crippen LogP contribution in [0.1, 0.15) is 12.0 Å². The molecule has 2 aromatic rings. The first kappa shape index (κ1) is 7.67. The van der Waals surface area contributed by atoms with E-state index < -0.39 is 0 Å². The largest absolute Gasteiger partial charge is 0.424 e. The van der Waals surface area contributed by atoms with E-state index in [1.54, 1.807) is 10.6 Å². The lowest BCUT2D eigenvalue weighted by Crippen LogP contribution is -2.24. The Hall–Kier alpha value is -1.71. The Morgan fingerprint density at radius 3 is 3.07 bits per heavy atom. The molecular formula is C10H10N2O2. The van der Waals surface area contributed by atoms with Crippen LogP contribution in [-0.4, -0.2) is 14.5 Å². The molecule has 0 unspecified atom stereocenters. The first-order valence-electron chi connectivity index (χ1n) is 4.71. The van der Waals surface area contributed by atoms with Crippen LogP contribution < -0.4 is 5.69 Å². The van der Waals surface area contributed by atoms with Crippen molar-refractivity contribution in [3.8, 4) is 0 Å². The number of hydrogen-bond acceptors (Lipinski definition) is 2. The molecule has 1 aromatic heterocycles. The highest BCUT2D eigenvalue weighted by Gasteiger charge is 2.18. The highest BCUT2D eigenvalue weighted by atomic mass is 16.5. The number of hydrogen-bond donors (Lipinski definition) is 1. The van der Waals surface area contributed by atoms with Gasteiger partial charge in [0.25, 0.3) is 0 Å². The van der Waals surface area contributed by atoms with E-state index in [-0.39, 0.29) is 5.69 Å². The van der Waals surface area contributed by atoms with Crippen molar-refractivity contribution in [3.63, 3.8) is 0 Å². The molecule has 3 rings (SSSR count). The number of benzene rings is 1. The van der Waals surface area contributed by atoms with Crippen LogP contribution in [0.15, 0.2) is 23.0 Å². The Kier molecular flexibility index (Phi) is 1.32. The predicted octanol–water partition coefficient (Wildman–Crippen LogP) is 0.986. The Labute approximate surface area is 80.0 Å². The first-order valence-corrected chi connectivity index (χ1v) is 4.71. The molecule has 0 saturated carbocycles. The molecule has 0 saturated heterocycles. The standard InChI is InChI=1S/C10H10N2O2/c13-10-11-6-2-4-7-3-1-5-8(9(7)11)12(10)14/h1,3,5,14H,2,4,6H2. The third-order valence-electron chi connectivity index (χ3n) is 2.84. The Bertz CT molecular complexity index is 565. The van der Waals surface area contributed by atoms with Crippen molar-refractivity contribution in [2.24, 2.45) is 0 Å². The van der Waals surface area contributed by atoms with E-state index >= 15 is 0 Å². The Morgan fingerprint density at radius 2 is 2.21 bits per heavy atom. The third kappa shape index (κ3) is 0.755. The van der Waals surface area contributed by atoms with Crippen LogP contribution in [0, 0.1) is 0 Å². The van der Waals surface area contributed by atoms with Gasteiger partial charge in [-0.15, -0.1) is 4.73 Å². The molecule has 1 N–H and O–H groups in total. The van der Waals surface area contributed by atoms with Gasteiger partial charge in [-0.05, 0) is 24.5 Å². The molecule has 0 radical (unpaired) electrons. The number of aryl methyl sites for hydroxylation is 2. The van der Waals surface area contributed by atoms with Gasteiger partial charge in [-0.1, -0.05) is 12.1 Å². The number of aromatic nitrogens is 2. The maximum absolute atomic E-state index is 11.6. The molecule has 14 heavy (non-hydrogen) atoms. The van der Waals surface area contributed by atoms with Crippen LogP contribution in [-0.2, 0) is 13.0 Å². The maximum atomic E-state index is 11.6. The zero-order chi connectivity index (χ0) is 9.71. The van der Waals surface area contributed by atoms with Gasteiger partial charge in [0.1, 0.15) is 5.52 Å². The molecule has 0 atom stereocenters. The normalized spacial score (nSPS) is 14.9. The zero-order valence-electron chi connectivity index (χ0n) is 7.60. The van der Waals surface area contributed by atoms with Gasteiger partial charge in [-0.3, -0.25) is 4.57 Å². The molecule has 0 spiro atoms. The summed E-state index contributed by atoms with van der Waals surface area (Å²) in [5.74, 6) is 0. The molecule has 4 nitrogen and oxygen atoms in total. The summed E-state index contributed by atoms with van der Waals surface area (Å²) in [5.41, 5.74) is 2.34. The van der Waals surface area contributed by atoms with Gasteiger partial charge in [-0.25, -0.2) is 4.79 Å². The minimum absolute atomic E-state index is 0.327. The van der Waals surface area contributed by atoms with Crippen molar-refractivity contribution in [1.29, 1.82) is 0 Å². The van der Waals surface area contributed by atoms with Gasteiger partial charge in [0.15, 0.2) is 0 Å². The molecule has 0 bridgehead atoms. The van der Waals surface area contributed by atoms with Gasteiger partial charge in [0.05, 0.1) is 5.52 Å². The lowest BCUT2D eigenvalue weighted by Gasteiger charge is -2.12. The molecule has 0 amide bonds. The fraction of sp³-hybridized carbons (Fsp3) is 0.300. The molecule has 1 aromatic carbocycles. The summed E-state index contributed by atoms with van der Waals surface area (Å²) in [4.78, 5) is 11.6. The van der Waals surface area contributed by atoms with Gasteiger partial charge >= 0.3 is 5.69 Å². The first-order chi connectivity index (χ1) is 6.79. The average molecular weight is 190 g/mol. The number of para-hydroxylation sites is 1. The summed E-state index contributed by atoms with van der Waals surface area (Å²) in [7, 11) is 0. The van der Waals surface area contributed by atoms with E-state index in [0.29, 0.717) is 12.1 Å². The van der Waals surface area contributed by atoms with Gasteiger partial charge in [0, 0.05) is 6.54 Å². The van der Waals surface area contributed by atoms with E-state index in [4.69, 9.17) is 0 Å². The molecule has 1 aliphatic heterocycles. The Morgan fingerprint density at radius 1 is 1.36 bits per heavy atom. The smallest absolute Gasteiger partial charge is 0.361 e. The summed E-state index contributed by atoms with van der Waals surface area (Å²) < 4.78 is 2.39. The van der Waals surface area contributed by atoms with E-state index in [1.807, 2.05) is 12.1 Å². The van der Waals surface area contributed by atoms with Crippen LogP contribution >= 0.6 is 0 Å². The summed E-state index contributed by atoms with van der Waals surface area (Å²) in [6.07, 6.45) is 1.96. The highest BCUT2D eigenvalue weighted by Crippen LogP contribution is 2.22. The van der Waals surface area contributed by atoms with Crippen LogP contribution in [0.4, 0.5) is 0 Å². The molecule has 0 aliphatic carbocycles. The van der Waals surface area contributed by atoms with Crippen molar-refractivity contribution < 1.29 is 5.21 Å². The fourth-order valence-electron chi connectivity index (χ4n) is 2.21. The average Bonchev–Trinajstić information content (AvgIpc) is 2.47. The fourth-order valence-corrected chi connectivity index (χ4v) is 2.21. The van der Waals surface area contributed by atoms with E-state index in [0.717, 1.165) is 28.7 Å². The lowest BCUT2D eigenvalue weighted by molar-refractivity contribution is 0.184. The third-order valence-corrected chi connectivity index (χ3v) is 2.84. The zero-order valence-corrected chi connectivity index (χ0v) is 7.60. The van der Waals surface area contributed by atoms with Gasteiger partial charge < -0.3 is 5.21 Å². The maximum Gasteiger partial charge on any atom is 0.361 e. The molecular weight excluding hydrogens is 180 g/mol. The minimum Gasteiger partial charge on any atom is -0.424 e. The van der Waals surface area contributed by atoms with Crippen LogP contribution in [0.3, 0.4) is 0 Å². The number of rotatable bonds is 0. The van der Waals surface area contributed by atoms with Crippen molar-refractivity contribution in [2.75, 3.05) is 0 Å². The van der Waals surface area contributed by atoms with E-state index in [9.17, 15) is 10.0 Å². The minimum atomic E-state index is -0.327. The second-order valence-corrected chi connectivity index (χ2v) is 3.63. The summed E-state index contributed by atoms with van der Waals surface area (Å²) >= 11 is 0. The summed E-state index contributed by atoms with van der Waals surface area (Å²) in [6, 6.07) is 5.65. The lowest BCUT2D eigenvalue weighted by atomic mass is 10.1. The van der Waals surface area contributed by atoms with Gasteiger partial charge in [-0.2, -0.15) is 0 Å². The number of nitrogens with zero attached hydrogens (tertiary/aromatic N) is 2. The van der Waals surface area contributed by atoms with Crippen molar-refractivity contribution in [1.82, 2.24) is 9.30 Å². The second kappa shape index (κ2) is 2.41. The SMILES string of the molecule is O=c1n(O)c2cccc3c2n1CCC3. The van der Waals surface area contributed by atoms with E-state index in [2.05, 4.69) is 0 Å². The summed E-state index contributed by atoms with van der Waals surface area (Å²) in [5, 5.41) is 9.55. The van der Waals surface area contributed by atoms with E-state index in [1.165, 1.54) is 0 Å². The quantitative estimate of drug-likeness (QED) is 0.629. The molecule has 2 heterocycles. The second-order valence-electron chi connectivity index (χ2n) is 3.63. The summed E-state index contributed by atoms with van der Waals surface area (Å²) in [6.45, 7) is 0.708. The Balaban J connectivity index is 2.61. The van der Waals surface area contributed by atoms with Crippen molar-refractivity contribution >= 4 is 11.0 Å². The molecule has 0 fully saturated rings. The molecule has 72 valence electrons. The molecule has 1 aliphatic rings. The molecule has 4 heteroatoms. The van der Waals surface area contributed by atoms with Crippen LogP contribution in [0.2, 0.25) is 0 Å². The van der Waals surface area contributed by atoms with Crippen molar-refractivity contribution in [3.05, 3.63) is 34.2 Å². The topological polar surface area (TPSA) is 47.2 Å². The van der Waals surface area contributed by atoms with Gasteiger partial charge in [0.2, 0.25) is 0 Å². The van der Waals surface area contributed by atoms with Crippen LogP contribution in [0.5, 0.6) is 0 Å². The van der Waals surface area contributed by atoms with Crippen molar-refractivity contribution in [2.45, 2.75) is 19.4 Å². The van der Waals surface area contributed by atoms with Crippen LogP contribution in [0.25, 0.3) is 11.0 Å². The monoisotopic (exact) mass is 190 g/mol.